The first-order chi connectivity index (χ1) is 14.6. The minimum atomic E-state index is 0.257. The molecule has 0 spiro atoms. The van der Waals surface area contributed by atoms with Crippen molar-refractivity contribution in [2.45, 2.75) is 20.0 Å². The van der Waals surface area contributed by atoms with Gasteiger partial charge in [-0.1, -0.05) is 12.1 Å². The Morgan fingerprint density at radius 2 is 1.97 bits per heavy atom. The summed E-state index contributed by atoms with van der Waals surface area (Å²) >= 11 is 5.78. The van der Waals surface area contributed by atoms with Gasteiger partial charge in [-0.3, -0.25) is 4.98 Å². The number of hydrogen-bond donors (Lipinski definition) is 1. The van der Waals surface area contributed by atoms with Crippen molar-refractivity contribution in [3.8, 4) is 17.2 Å². The first-order valence-corrected chi connectivity index (χ1v) is 10.0. The molecule has 0 saturated carbocycles. The highest BCUT2D eigenvalue weighted by atomic mass is 32.1. The summed E-state index contributed by atoms with van der Waals surface area (Å²) in [6.45, 7) is 3.46. The number of nitrogens with zero attached hydrogens (tertiary/aromatic N) is 2. The highest BCUT2D eigenvalue weighted by Crippen LogP contribution is 2.33. The fourth-order valence-corrected chi connectivity index (χ4v) is 3.48. The van der Waals surface area contributed by atoms with Gasteiger partial charge in [-0.25, -0.2) is 0 Å². The molecule has 6 nitrogen and oxygen atoms in total. The van der Waals surface area contributed by atoms with Gasteiger partial charge in [0.05, 0.1) is 19.3 Å². The molecule has 0 aliphatic carbocycles. The van der Waals surface area contributed by atoms with E-state index in [-0.39, 0.29) is 6.79 Å². The van der Waals surface area contributed by atoms with Crippen LogP contribution in [0.2, 0.25) is 0 Å². The number of ether oxygens (including phenoxy) is 3. The van der Waals surface area contributed by atoms with Gasteiger partial charge < -0.3 is 24.4 Å². The summed E-state index contributed by atoms with van der Waals surface area (Å²) in [5.74, 6) is 2.34. The van der Waals surface area contributed by atoms with Crippen LogP contribution in [-0.4, -0.2) is 28.9 Å². The van der Waals surface area contributed by atoms with Crippen LogP contribution in [0.5, 0.6) is 17.2 Å². The molecule has 7 heteroatoms. The molecule has 1 aliphatic heterocycles. The Morgan fingerprint density at radius 3 is 2.73 bits per heavy atom. The molecule has 0 saturated heterocycles. The Balaban J connectivity index is 1.55. The third-order valence-corrected chi connectivity index (χ3v) is 5.21. The molecule has 3 aromatic rings. The van der Waals surface area contributed by atoms with Crippen LogP contribution in [0.1, 0.15) is 16.8 Å². The van der Waals surface area contributed by atoms with E-state index < -0.39 is 0 Å². The molecule has 0 atom stereocenters. The van der Waals surface area contributed by atoms with Gasteiger partial charge in [0, 0.05) is 18.4 Å². The van der Waals surface area contributed by atoms with Crippen molar-refractivity contribution in [2.75, 3.05) is 19.2 Å². The number of thiocarbonyl (C=S) groups is 1. The quantitative estimate of drug-likeness (QED) is 0.587. The highest BCUT2D eigenvalue weighted by Gasteiger charge is 2.17. The monoisotopic (exact) mass is 421 g/mol. The number of fused-ring (bicyclic) bond motifs is 1. The first-order valence-electron chi connectivity index (χ1n) is 9.61. The van der Waals surface area contributed by atoms with Crippen molar-refractivity contribution in [3.05, 3.63) is 77.6 Å². The van der Waals surface area contributed by atoms with Crippen LogP contribution in [0, 0.1) is 6.92 Å². The van der Waals surface area contributed by atoms with E-state index in [1.807, 2.05) is 61.5 Å². The number of anilines is 1. The second-order valence-corrected chi connectivity index (χ2v) is 7.36. The summed E-state index contributed by atoms with van der Waals surface area (Å²) in [7, 11) is 1.66. The number of rotatable bonds is 6. The van der Waals surface area contributed by atoms with E-state index in [4.69, 9.17) is 26.4 Å². The molecular formula is C23H23N3O3S. The molecule has 1 N–H and O–H groups in total. The van der Waals surface area contributed by atoms with Gasteiger partial charge in [0.1, 0.15) is 5.75 Å². The fraction of sp³-hybridized carbons (Fsp3) is 0.217. The molecule has 2 heterocycles. The number of methoxy groups -OCH3 is 1. The van der Waals surface area contributed by atoms with E-state index in [2.05, 4.69) is 15.2 Å². The summed E-state index contributed by atoms with van der Waals surface area (Å²) < 4.78 is 16.2. The van der Waals surface area contributed by atoms with Gasteiger partial charge >= 0.3 is 0 Å². The molecule has 0 fully saturated rings. The zero-order chi connectivity index (χ0) is 20.9. The van der Waals surface area contributed by atoms with Crippen molar-refractivity contribution < 1.29 is 14.2 Å². The molecule has 1 aromatic heterocycles. The van der Waals surface area contributed by atoms with Crippen LogP contribution in [0.3, 0.4) is 0 Å². The topological polar surface area (TPSA) is 55.9 Å². The number of aromatic nitrogens is 1. The Kier molecular flexibility index (Phi) is 5.99. The van der Waals surface area contributed by atoms with E-state index in [1.54, 1.807) is 13.3 Å². The Bertz CT molecular complexity index is 1040. The van der Waals surface area contributed by atoms with Gasteiger partial charge in [-0.15, -0.1) is 0 Å². The molecule has 0 amide bonds. The molecular weight excluding hydrogens is 398 g/mol. The largest absolute Gasteiger partial charge is 0.497 e. The van der Waals surface area contributed by atoms with E-state index in [9.17, 15) is 0 Å². The third-order valence-electron chi connectivity index (χ3n) is 4.85. The van der Waals surface area contributed by atoms with Crippen LogP contribution in [0.25, 0.3) is 0 Å². The van der Waals surface area contributed by atoms with Crippen LogP contribution < -0.4 is 19.5 Å². The standard InChI is InChI=1S/C23H23N3O3S/c1-16-11-19(27-2)7-8-20(16)25-23(30)26(14-18-5-3-4-10-24-18)13-17-6-9-21-22(12-17)29-15-28-21/h3-12H,13-15H2,1-2H3,(H,25,30). The smallest absolute Gasteiger partial charge is 0.231 e. The highest BCUT2D eigenvalue weighted by molar-refractivity contribution is 7.80. The maximum atomic E-state index is 5.78. The molecule has 4 rings (SSSR count). The number of nitrogens with one attached hydrogen (secondary N) is 1. The summed E-state index contributed by atoms with van der Waals surface area (Å²) in [5, 5.41) is 3.99. The second-order valence-electron chi connectivity index (χ2n) is 6.98. The Hall–Kier alpha value is -3.32. The van der Waals surface area contributed by atoms with Crippen molar-refractivity contribution in [1.82, 2.24) is 9.88 Å². The average Bonchev–Trinajstić information content (AvgIpc) is 3.23. The summed E-state index contributed by atoms with van der Waals surface area (Å²) in [6, 6.07) is 17.7. The molecule has 1 aliphatic rings. The molecule has 2 aromatic carbocycles. The van der Waals surface area contributed by atoms with Gasteiger partial charge in [-0.05, 0) is 72.7 Å². The fourth-order valence-electron chi connectivity index (χ4n) is 3.24. The van der Waals surface area contributed by atoms with Crippen molar-refractivity contribution in [2.24, 2.45) is 0 Å². The number of benzene rings is 2. The maximum absolute atomic E-state index is 5.78. The summed E-state index contributed by atoms with van der Waals surface area (Å²) in [5.41, 5.74) is 4.01. The average molecular weight is 422 g/mol. The summed E-state index contributed by atoms with van der Waals surface area (Å²) in [6.07, 6.45) is 1.79. The van der Waals surface area contributed by atoms with Crippen LogP contribution in [-0.2, 0) is 13.1 Å². The number of pyridine rings is 1. The zero-order valence-electron chi connectivity index (χ0n) is 16.9. The molecule has 154 valence electrons. The van der Waals surface area contributed by atoms with Gasteiger partial charge in [0.15, 0.2) is 16.6 Å². The van der Waals surface area contributed by atoms with E-state index in [1.165, 1.54) is 0 Å². The van der Waals surface area contributed by atoms with E-state index in [0.29, 0.717) is 18.2 Å². The predicted octanol–water partition coefficient (Wildman–Crippen LogP) is 4.53. The van der Waals surface area contributed by atoms with Gasteiger partial charge in [0.2, 0.25) is 6.79 Å². The predicted molar refractivity (Wildman–Crippen MR) is 120 cm³/mol. The molecule has 30 heavy (non-hydrogen) atoms. The first kappa shape index (κ1) is 20.0. The van der Waals surface area contributed by atoms with Gasteiger partial charge in [-0.2, -0.15) is 0 Å². The van der Waals surface area contributed by atoms with Crippen molar-refractivity contribution in [1.29, 1.82) is 0 Å². The van der Waals surface area contributed by atoms with Gasteiger partial charge in [0.25, 0.3) is 0 Å². The lowest BCUT2D eigenvalue weighted by molar-refractivity contribution is 0.174. The minimum Gasteiger partial charge on any atom is -0.497 e. The maximum Gasteiger partial charge on any atom is 0.231 e. The minimum absolute atomic E-state index is 0.257. The third kappa shape index (κ3) is 4.63. The molecule has 0 unspecified atom stereocenters. The van der Waals surface area contributed by atoms with Crippen molar-refractivity contribution >= 4 is 23.0 Å². The van der Waals surface area contributed by atoms with Crippen LogP contribution in [0.15, 0.2) is 60.8 Å². The second kappa shape index (κ2) is 9.00. The van der Waals surface area contributed by atoms with Crippen LogP contribution in [0.4, 0.5) is 5.69 Å². The zero-order valence-corrected chi connectivity index (χ0v) is 17.7. The lowest BCUT2D eigenvalue weighted by Crippen LogP contribution is -2.34. The summed E-state index contributed by atoms with van der Waals surface area (Å²) in [4.78, 5) is 6.54. The molecule has 0 radical (unpaired) electrons. The number of hydrogen-bond acceptors (Lipinski definition) is 5. The lowest BCUT2D eigenvalue weighted by Gasteiger charge is -2.26. The SMILES string of the molecule is COc1ccc(NC(=S)N(Cc2ccc3c(c2)OCO3)Cc2ccccn2)c(C)c1. The Labute approximate surface area is 181 Å². The van der Waals surface area contributed by atoms with E-state index in [0.717, 1.165) is 39.8 Å². The Morgan fingerprint density at radius 1 is 1.10 bits per heavy atom. The van der Waals surface area contributed by atoms with Crippen LogP contribution >= 0.6 is 12.2 Å². The van der Waals surface area contributed by atoms with E-state index >= 15 is 0 Å². The molecule has 0 bridgehead atoms. The van der Waals surface area contributed by atoms with Crippen molar-refractivity contribution in [3.63, 3.8) is 0 Å². The number of aryl methyl sites for hydroxylation is 1. The normalized spacial score (nSPS) is 11.8. The lowest BCUT2D eigenvalue weighted by atomic mass is 10.1.